The van der Waals surface area contributed by atoms with Crippen LogP contribution in [-0.4, -0.2) is 75.1 Å². The lowest BCUT2D eigenvalue weighted by Gasteiger charge is -2.33. The third-order valence-corrected chi connectivity index (χ3v) is 11.7. The summed E-state index contributed by atoms with van der Waals surface area (Å²) in [4.78, 5) is 65.2. The summed E-state index contributed by atoms with van der Waals surface area (Å²) in [6.45, 7) is 9.16. The van der Waals surface area contributed by atoms with Gasteiger partial charge in [-0.05, 0) is 48.1 Å². The minimum atomic E-state index is -4.15. The number of likely N-dealkylation sites (tertiary alicyclic amines) is 1. The van der Waals surface area contributed by atoms with Crippen molar-refractivity contribution in [2.45, 2.75) is 84.1 Å². The van der Waals surface area contributed by atoms with Gasteiger partial charge in [0.15, 0.2) is 5.78 Å². The van der Waals surface area contributed by atoms with E-state index in [9.17, 15) is 23.7 Å². The number of rotatable bonds is 18. The van der Waals surface area contributed by atoms with E-state index in [4.69, 9.17) is 13.8 Å². The van der Waals surface area contributed by atoms with Crippen LogP contribution in [-0.2, 0) is 30.3 Å². The van der Waals surface area contributed by atoms with Gasteiger partial charge in [-0.1, -0.05) is 101 Å². The molecule has 14 nitrogen and oxygen atoms in total. The molecule has 5 rings (SSSR count). The second-order valence-electron chi connectivity index (χ2n) is 14.5. The molecular formula is C42H51N6O8P. The lowest BCUT2D eigenvalue weighted by Crippen LogP contribution is -2.59. The van der Waals surface area contributed by atoms with Crippen LogP contribution in [0.1, 0.15) is 63.5 Å². The zero-order valence-electron chi connectivity index (χ0n) is 32.8. The third kappa shape index (κ3) is 11.5. The number of nitrogens with one attached hydrogen (secondary N) is 3. The van der Waals surface area contributed by atoms with Crippen LogP contribution in [0.2, 0.25) is 0 Å². The van der Waals surface area contributed by atoms with Crippen LogP contribution in [0.3, 0.4) is 0 Å². The number of hydrogen-bond donors (Lipinski definition) is 3. The summed E-state index contributed by atoms with van der Waals surface area (Å²) in [7, 11) is -4.15. The molecule has 1 fully saturated rings. The summed E-state index contributed by atoms with van der Waals surface area (Å²) in [5, 5.41) is 8.47. The minimum absolute atomic E-state index is 0.0400. The van der Waals surface area contributed by atoms with Gasteiger partial charge in [0.05, 0.1) is 18.9 Å². The number of carbonyl (C=O) groups excluding carboxylic acids is 4. The van der Waals surface area contributed by atoms with E-state index in [-0.39, 0.29) is 37.6 Å². The van der Waals surface area contributed by atoms with Crippen LogP contribution in [0.15, 0.2) is 110 Å². The van der Waals surface area contributed by atoms with E-state index in [1.807, 2.05) is 30.3 Å². The highest BCUT2D eigenvalue weighted by molar-refractivity contribution is 7.55. The fourth-order valence-corrected chi connectivity index (χ4v) is 8.22. The van der Waals surface area contributed by atoms with Crippen molar-refractivity contribution in [2.75, 3.05) is 6.54 Å². The quantitative estimate of drug-likeness (QED) is 0.105. The molecule has 4 amide bonds. The standard InChI is InChI=1S/C42H51N6O8P/c1-6-36(57(53,55-31-18-12-8-13-19-31)56-32-20-14-9-15-21-32)45-40(50)35-24-33(54-27-30-16-10-7-11-17-30)26-48(35)42(52)38(29(4)5)47-41(51)37(28(2)3)46-39(49)34-25-43-22-23-44-34/h7-23,25,28-29,33,35-38H,6,24,26-27H2,1-5H3,(H,45,50)(H,46,49)(H,47,51)/t33-,35+,36-,37+,38+/m1/s1. The van der Waals surface area contributed by atoms with Gasteiger partial charge in [0.25, 0.3) is 5.91 Å². The fraction of sp³-hybridized carbons (Fsp3) is 0.381. The van der Waals surface area contributed by atoms with Crippen LogP contribution in [0.25, 0.3) is 0 Å². The molecule has 0 bridgehead atoms. The fourth-order valence-electron chi connectivity index (χ4n) is 6.37. The highest BCUT2D eigenvalue weighted by Gasteiger charge is 2.46. The Kier molecular flexibility index (Phi) is 14.9. The van der Waals surface area contributed by atoms with Gasteiger partial charge < -0.3 is 34.6 Å². The number of para-hydroxylation sites is 2. The van der Waals surface area contributed by atoms with Crippen LogP contribution >= 0.6 is 7.60 Å². The molecule has 1 saturated heterocycles. The molecule has 2 heterocycles. The first-order valence-corrected chi connectivity index (χ1v) is 20.7. The number of aromatic nitrogens is 2. The zero-order chi connectivity index (χ0) is 41.0. The van der Waals surface area contributed by atoms with Crippen molar-refractivity contribution in [1.29, 1.82) is 0 Å². The number of amides is 4. The van der Waals surface area contributed by atoms with E-state index in [1.165, 1.54) is 23.5 Å². The first-order valence-electron chi connectivity index (χ1n) is 19.1. The summed E-state index contributed by atoms with van der Waals surface area (Å²) in [5.41, 5.74) is 0.958. The Morgan fingerprint density at radius 3 is 1.89 bits per heavy atom. The zero-order valence-corrected chi connectivity index (χ0v) is 33.7. The molecule has 3 aromatic carbocycles. The number of hydrogen-bond acceptors (Lipinski definition) is 10. The van der Waals surface area contributed by atoms with Crippen molar-refractivity contribution in [3.63, 3.8) is 0 Å². The highest BCUT2D eigenvalue weighted by Crippen LogP contribution is 2.53. The molecule has 3 N–H and O–H groups in total. The van der Waals surface area contributed by atoms with Crippen LogP contribution < -0.4 is 25.0 Å². The first-order chi connectivity index (χ1) is 27.4. The van der Waals surface area contributed by atoms with Crippen LogP contribution in [0, 0.1) is 11.8 Å². The van der Waals surface area contributed by atoms with Crippen molar-refractivity contribution >= 4 is 31.2 Å². The Balaban J connectivity index is 1.40. The van der Waals surface area contributed by atoms with Crippen LogP contribution in [0.4, 0.5) is 0 Å². The van der Waals surface area contributed by atoms with E-state index in [2.05, 4.69) is 25.9 Å². The Hall–Kier alpha value is -5.59. The van der Waals surface area contributed by atoms with Gasteiger partial charge in [0.2, 0.25) is 17.7 Å². The van der Waals surface area contributed by atoms with Crippen molar-refractivity contribution in [3.8, 4) is 11.5 Å². The molecule has 1 aliphatic heterocycles. The molecule has 1 aliphatic rings. The van der Waals surface area contributed by atoms with E-state index in [0.29, 0.717) is 11.5 Å². The van der Waals surface area contributed by atoms with Crippen molar-refractivity contribution < 1.29 is 37.5 Å². The van der Waals surface area contributed by atoms with Gasteiger partial charge in [-0.2, -0.15) is 0 Å². The lowest BCUT2D eigenvalue weighted by molar-refractivity contribution is -0.143. The predicted octanol–water partition coefficient (Wildman–Crippen LogP) is 5.76. The maximum Gasteiger partial charge on any atom is 0.452 e. The number of benzene rings is 3. The molecule has 5 atom stereocenters. The molecule has 0 unspecified atom stereocenters. The third-order valence-electron chi connectivity index (χ3n) is 9.47. The molecule has 1 aromatic heterocycles. The predicted molar refractivity (Wildman–Crippen MR) is 214 cm³/mol. The van der Waals surface area contributed by atoms with E-state index < -0.39 is 67.2 Å². The van der Waals surface area contributed by atoms with Crippen LogP contribution in [0.5, 0.6) is 11.5 Å². The molecule has 0 aliphatic carbocycles. The van der Waals surface area contributed by atoms with Gasteiger partial charge in [-0.25, -0.2) is 9.55 Å². The number of carbonyl (C=O) groups is 4. The summed E-state index contributed by atoms with van der Waals surface area (Å²) >= 11 is 0. The largest absolute Gasteiger partial charge is 0.452 e. The maximum absolute atomic E-state index is 14.7. The number of ether oxygens (including phenoxy) is 1. The molecule has 4 aromatic rings. The first kappa shape index (κ1) is 42.6. The normalized spacial score (nSPS) is 17.0. The lowest BCUT2D eigenvalue weighted by atomic mass is 9.99. The van der Waals surface area contributed by atoms with E-state index in [1.54, 1.807) is 95.3 Å². The topological polar surface area (TPSA) is 178 Å². The molecule has 0 saturated carbocycles. The molecule has 302 valence electrons. The second-order valence-corrected chi connectivity index (χ2v) is 16.5. The molecule has 0 spiro atoms. The Labute approximate surface area is 333 Å². The van der Waals surface area contributed by atoms with Crippen molar-refractivity contribution in [1.82, 2.24) is 30.8 Å². The van der Waals surface area contributed by atoms with Crippen molar-refractivity contribution in [2.24, 2.45) is 11.8 Å². The van der Waals surface area contributed by atoms with E-state index >= 15 is 0 Å². The SMILES string of the molecule is CC[C@H](NC(=O)[C@@H]1C[C@@H](OCc2ccccc2)CN1C(=O)[C@@H](NC(=O)[C@@H](NC(=O)c1cnccn1)C(C)C)C(C)C)P(=O)(Oc1ccccc1)Oc1ccccc1. The Morgan fingerprint density at radius 1 is 0.789 bits per heavy atom. The minimum Gasteiger partial charge on any atom is -0.415 e. The number of nitrogens with zero attached hydrogens (tertiary/aromatic N) is 3. The summed E-state index contributed by atoms with van der Waals surface area (Å²) in [6.07, 6.45) is 3.86. The summed E-state index contributed by atoms with van der Waals surface area (Å²) < 4.78 is 33.1. The molecular weight excluding hydrogens is 747 g/mol. The van der Waals surface area contributed by atoms with Gasteiger partial charge in [-0.3, -0.25) is 24.2 Å². The van der Waals surface area contributed by atoms with Crippen molar-refractivity contribution in [3.05, 3.63) is 121 Å². The summed E-state index contributed by atoms with van der Waals surface area (Å²) in [6, 6.07) is 23.5. The smallest absolute Gasteiger partial charge is 0.415 e. The molecule has 15 heteroatoms. The molecule has 57 heavy (non-hydrogen) atoms. The average molecular weight is 799 g/mol. The summed E-state index contributed by atoms with van der Waals surface area (Å²) in [5.74, 6) is -3.56. The van der Waals surface area contributed by atoms with Gasteiger partial charge in [0, 0.05) is 25.4 Å². The Morgan fingerprint density at radius 2 is 1.37 bits per heavy atom. The van der Waals surface area contributed by atoms with Gasteiger partial charge >= 0.3 is 7.60 Å². The Bertz CT molecular complexity index is 1930. The highest BCUT2D eigenvalue weighted by atomic mass is 31.2. The van der Waals surface area contributed by atoms with Gasteiger partial charge in [-0.15, -0.1) is 0 Å². The van der Waals surface area contributed by atoms with Gasteiger partial charge in [0.1, 0.15) is 35.3 Å². The average Bonchev–Trinajstić information content (AvgIpc) is 3.65. The second kappa shape index (κ2) is 20.0. The monoisotopic (exact) mass is 798 g/mol. The van der Waals surface area contributed by atoms with E-state index in [0.717, 1.165) is 5.56 Å². The molecule has 0 radical (unpaired) electrons. The maximum atomic E-state index is 14.7.